The minimum absolute atomic E-state index is 0.293. The molecule has 0 N–H and O–H groups in total. The zero-order valence-electron chi connectivity index (χ0n) is 7.04. The van der Waals surface area contributed by atoms with Crippen molar-refractivity contribution in [2.75, 3.05) is 11.9 Å². The Balaban J connectivity index is 2.45. The summed E-state index contributed by atoms with van der Waals surface area (Å²) in [5.74, 6) is -0.0311. The standard InChI is InChI=1S/C10H10BrFO/c11-7-3-4-8-13-10-6-2-1-5-9(10)12/h1-6H,7-8H2/b4-3+. The molecule has 0 heterocycles. The lowest BCUT2D eigenvalue weighted by atomic mass is 10.3. The molecular weight excluding hydrogens is 235 g/mol. The third-order valence-electron chi connectivity index (χ3n) is 1.43. The van der Waals surface area contributed by atoms with Crippen molar-refractivity contribution in [2.45, 2.75) is 0 Å². The zero-order valence-corrected chi connectivity index (χ0v) is 8.63. The average Bonchev–Trinajstić information content (AvgIpc) is 2.15. The van der Waals surface area contributed by atoms with E-state index in [-0.39, 0.29) is 5.82 Å². The summed E-state index contributed by atoms with van der Waals surface area (Å²) in [6.45, 7) is 0.395. The number of allylic oxidation sites excluding steroid dienone is 1. The molecule has 0 saturated carbocycles. The van der Waals surface area contributed by atoms with Crippen molar-refractivity contribution < 1.29 is 9.13 Å². The Morgan fingerprint density at radius 3 is 2.77 bits per heavy atom. The lowest BCUT2D eigenvalue weighted by molar-refractivity contribution is 0.341. The molecule has 0 atom stereocenters. The second-order valence-electron chi connectivity index (χ2n) is 2.37. The quantitative estimate of drug-likeness (QED) is 0.584. The number of ether oxygens (including phenoxy) is 1. The van der Waals surface area contributed by atoms with Crippen molar-refractivity contribution in [2.24, 2.45) is 0 Å². The molecule has 70 valence electrons. The van der Waals surface area contributed by atoms with Gasteiger partial charge < -0.3 is 4.74 Å². The van der Waals surface area contributed by atoms with Crippen LogP contribution in [0.15, 0.2) is 36.4 Å². The molecule has 0 amide bonds. The lowest BCUT2D eigenvalue weighted by Gasteiger charge is -2.02. The van der Waals surface area contributed by atoms with Crippen molar-refractivity contribution in [3.8, 4) is 5.75 Å². The molecular formula is C10H10BrFO. The van der Waals surface area contributed by atoms with E-state index in [1.807, 2.05) is 12.2 Å². The van der Waals surface area contributed by atoms with Crippen LogP contribution in [0.3, 0.4) is 0 Å². The van der Waals surface area contributed by atoms with Gasteiger partial charge >= 0.3 is 0 Å². The number of benzene rings is 1. The van der Waals surface area contributed by atoms with Crippen LogP contribution in [0.5, 0.6) is 5.75 Å². The van der Waals surface area contributed by atoms with E-state index < -0.39 is 0 Å². The predicted molar refractivity (Wildman–Crippen MR) is 54.8 cm³/mol. The Morgan fingerprint density at radius 2 is 2.08 bits per heavy atom. The van der Waals surface area contributed by atoms with E-state index >= 15 is 0 Å². The van der Waals surface area contributed by atoms with Gasteiger partial charge in [0.15, 0.2) is 11.6 Å². The van der Waals surface area contributed by atoms with Crippen LogP contribution in [0.2, 0.25) is 0 Å². The monoisotopic (exact) mass is 244 g/mol. The summed E-state index contributed by atoms with van der Waals surface area (Å²) >= 11 is 3.23. The molecule has 0 bridgehead atoms. The largest absolute Gasteiger partial charge is 0.486 e. The molecule has 1 aromatic carbocycles. The molecule has 0 spiro atoms. The molecule has 0 saturated heterocycles. The summed E-state index contributed by atoms with van der Waals surface area (Å²) < 4.78 is 18.1. The highest BCUT2D eigenvalue weighted by Gasteiger charge is 1.98. The highest BCUT2D eigenvalue weighted by Crippen LogP contribution is 2.14. The van der Waals surface area contributed by atoms with Gasteiger partial charge in [-0.1, -0.05) is 40.2 Å². The Labute approximate surface area is 85.3 Å². The fraction of sp³-hybridized carbons (Fsp3) is 0.200. The van der Waals surface area contributed by atoms with Gasteiger partial charge in [0.05, 0.1) is 0 Å². The van der Waals surface area contributed by atoms with E-state index in [4.69, 9.17) is 4.74 Å². The summed E-state index contributed by atoms with van der Waals surface area (Å²) in [6.07, 6.45) is 3.74. The molecule has 1 nitrogen and oxygen atoms in total. The maximum absolute atomic E-state index is 12.9. The number of rotatable bonds is 4. The van der Waals surface area contributed by atoms with Crippen LogP contribution in [-0.4, -0.2) is 11.9 Å². The van der Waals surface area contributed by atoms with Crippen LogP contribution >= 0.6 is 15.9 Å². The highest BCUT2D eigenvalue weighted by molar-refractivity contribution is 9.09. The van der Waals surface area contributed by atoms with Gasteiger partial charge in [0, 0.05) is 5.33 Å². The lowest BCUT2D eigenvalue weighted by Crippen LogP contribution is -1.95. The smallest absolute Gasteiger partial charge is 0.165 e. The number of para-hydroxylation sites is 1. The fourth-order valence-corrected chi connectivity index (χ4v) is 1.10. The summed E-state index contributed by atoms with van der Waals surface area (Å²) in [5.41, 5.74) is 0. The number of hydrogen-bond donors (Lipinski definition) is 0. The van der Waals surface area contributed by atoms with Crippen LogP contribution < -0.4 is 4.74 Å². The maximum Gasteiger partial charge on any atom is 0.165 e. The van der Waals surface area contributed by atoms with Crippen LogP contribution in [0.25, 0.3) is 0 Å². The molecule has 0 aliphatic heterocycles. The number of hydrogen-bond acceptors (Lipinski definition) is 1. The second-order valence-corrected chi connectivity index (χ2v) is 3.01. The van der Waals surface area contributed by atoms with Crippen LogP contribution in [-0.2, 0) is 0 Å². The van der Waals surface area contributed by atoms with Gasteiger partial charge in [0.1, 0.15) is 6.61 Å². The SMILES string of the molecule is Fc1ccccc1OC/C=C/CBr. The van der Waals surface area contributed by atoms with Gasteiger partial charge in [-0.15, -0.1) is 0 Å². The van der Waals surface area contributed by atoms with Crippen molar-refractivity contribution in [3.63, 3.8) is 0 Å². The third-order valence-corrected chi connectivity index (χ3v) is 1.80. The molecule has 1 rings (SSSR count). The second kappa shape index (κ2) is 5.75. The summed E-state index contributed by atoms with van der Waals surface area (Å²) in [5, 5.41) is 0.785. The summed E-state index contributed by atoms with van der Waals surface area (Å²) in [7, 11) is 0. The summed E-state index contributed by atoms with van der Waals surface area (Å²) in [4.78, 5) is 0. The molecule has 0 radical (unpaired) electrons. The van der Waals surface area contributed by atoms with Gasteiger partial charge in [-0.2, -0.15) is 0 Å². The topological polar surface area (TPSA) is 9.23 Å². The Morgan fingerprint density at radius 1 is 1.31 bits per heavy atom. The first-order valence-corrected chi connectivity index (χ1v) is 5.05. The molecule has 13 heavy (non-hydrogen) atoms. The van der Waals surface area contributed by atoms with Gasteiger partial charge in [-0.05, 0) is 12.1 Å². The van der Waals surface area contributed by atoms with E-state index in [1.54, 1.807) is 18.2 Å². The van der Waals surface area contributed by atoms with E-state index in [0.29, 0.717) is 12.4 Å². The van der Waals surface area contributed by atoms with Crippen LogP contribution in [0.1, 0.15) is 0 Å². The first kappa shape index (κ1) is 10.3. The first-order chi connectivity index (χ1) is 6.34. The van der Waals surface area contributed by atoms with E-state index in [0.717, 1.165) is 5.33 Å². The van der Waals surface area contributed by atoms with E-state index in [9.17, 15) is 4.39 Å². The van der Waals surface area contributed by atoms with Crippen molar-refractivity contribution in [3.05, 3.63) is 42.2 Å². The normalized spacial score (nSPS) is 10.6. The third kappa shape index (κ3) is 3.59. The minimum atomic E-state index is -0.324. The van der Waals surface area contributed by atoms with Crippen LogP contribution in [0.4, 0.5) is 4.39 Å². The van der Waals surface area contributed by atoms with Gasteiger partial charge in [0.25, 0.3) is 0 Å². The summed E-state index contributed by atoms with van der Waals surface area (Å²) in [6, 6.07) is 6.37. The fourth-order valence-electron chi connectivity index (χ4n) is 0.831. The van der Waals surface area contributed by atoms with E-state index in [2.05, 4.69) is 15.9 Å². The number of halogens is 2. The van der Waals surface area contributed by atoms with Crippen molar-refractivity contribution in [1.82, 2.24) is 0 Å². The first-order valence-electron chi connectivity index (χ1n) is 3.93. The minimum Gasteiger partial charge on any atom is -0.486 e. The van der Waals surface area contributed by atoms with Gasteiger partial charge in [0.2, 0.25) is 0 Å². The van der Waals surface area contributed by atoms with Crippen LogP contribution in [0, 0.1) is 5.82 Å². The molecule has 0 unspecified atom stereocenters. The van der Waals surface area contributed by atoms with Gasteiger partial charge in [-0.25, -0.2) is 4.39 Å². The van der Waals surface area contributed by atoms with Crippen molar-refractivity contribution in [1.29, 1.82) is 0 Å². The average molecular weight is 245 g/mol. The molecule has 0 aromatic heterocycles. The molecule has 0 fully saturated rings. The highest BCUT2D eigenvalue weighted by atomic mass is 79.9. The van der Waals surface area contributed by atoms with Gasteiger partial charge in [-0.3, -0.25) is 0 Å². The maximum atomic E-state index is 12.9. The molecule has 3 heteroatoms. The van der Waals surface area contributed by atoms with Crippen molar-refractivity contribution >= 4 is 15.9 Å². The number of alkyl halides is 1. The molecule has 0 aliphatic carbocycles. The molecule has 1 aromatic rings. The zero-order chi connectivity index (χ0) is 9.52. The molecule has 0 aliphatic rings. The Kier molecular flexibility index (Phi) is 4.54. The Bertz CT molecular complexity index is 286. The Hall–Kier alpha value is -0.830. The predicted octanol–water partition coefficient (Wildman–Crippen LogP) is 3.16. The van der Waals surface area contributed by atoms with E-state index in [1.165, 1.54) is 6.07 Å².